The fourth-order valence-electron chi connectivity index (χ4n) is 2.05. The maximum Gasteiger partial charge on any atom is 0.259 e. The van der Waals surface area contributed by atoms with Gasteiger partial charge in [0.25, 0.3) is 5.91 Å². The van der Waals surface area contributed by atoms with Crippen LogP contribution in [0.4, 0.5) is 5.69 Å². The number of benzene rings is 1. The number of carbonyl (C=O) groups is 1. The molecule has 0 unspecified atom stereocenters. The molecule has 0 aliphatic rings. The van der Waals surface area contributed by atoms with Crippen molar-refractivity contribution in [2.75, 3.05) is 5.32 Å². The van der Waals surface area contributed by atoms with E-state index < -0.39 is 0 Å². The average molecular weight is 255 g/mol. The van der Waals surface area contributed by atoms with Crippen LogP contribution in [0, 0.1) is 27.7 Å². The second-order valence-electron chi connectivity index (χ2n) is 4.75. The number of hydrogen-bond acceptors (Lipinski definition) is 3. The Morgan fingerprint density at radius 1 is 1.05 bits per heavy atom. The van der Waals surface area contributed by atoms with E-state index in [2.05, 4.69) is 21.4 Å². The third kappa shape index (κ3) is 3.16. The maximum absolute atomic E-state index is 12.2. The monoisotopic (exact) mass is 255 g/mol. The lowest BCUT2D eigenvalue weighted by Gasteiger charge is -2.09. The van der Waals surface area contributed by atoms with Gasteiger partial charge in [0.15, 0.2) is 0 Å². The van der Waals surface area contributed by atoms with E-state index in [1.807, 2.05) is 32.9 Å². The number of carbonyl (C=O) groups excluding carboxylic acids is 1. The smallest absolute Gasteiger partial charge is 0.259 e. The summed E-state index contributed by atoms with van der Waals surface area (Å²) in [5.41, 5.74) is 4.22. The molecular weight excluding hydrogens is 238 g/mol. The van der Waals surface area contributed by atoms with E-state index in [4.69, 9.17) is 0 Å². The minimum atomic E-state index is -0.178. The fraction of sp³-hybridized carbons (Fsp3) is 0.267. The van der Waals surface area contributed by atoms with Crippen LogP contribution in [0.15, 0.2) is 24.4 Å². The predicted octanol–water partition coefficient (Wildman–Crippen LogP) is 2.96. The van der Waals surface area contributed by atoms with Crippen LogP contribution in [-0.4, -0.2) is 15.9 Å². The van der Waals surface area contributed by atoms with Gasteiger partial charge in [-0.2, -0.15) is 0 Å². The predicted molar refractivity (Wildman–Crippen MR) is 75.4 cm³/mol. The SMILES string of the molecule is Cc1cc(C)cc(NC(=O)c2cnc(C)nc2C)c1. The van der Waals surface area contributed by atoms with Crippen molar-refractivity contribution >= 4 is 11.6 Å². The zero-order valence-electron chi connectivity index (χ0n) is 11.6. The van der Waals surface area contributed by atoms with E-state index in [-0.39, 0.29) is 5.91 Å². The molecule has 0 fully saturated rings. The third-order valence-corrected chi connectivity index (χ3v) is 2.82. The lowest BCUT2D eigenvalue weighted by atomic mass is 10.1. The molecule has 19 heavy (non-hydrogen) atoms. The Balaban J connectivity index is 2.25. The highest BCUT2D eigenvalue weighted by Gasteiger charge is 2.11. The second kappa shape index (κ2) is 5.18. The summed E-state index contributed by atoms with van der Waals surface area (Å²) in [5, 5.41) is 2.88. The van der Waals surface area contributed by atoms with Gasteiger partial charge in [-0.1, -0.05) is 6.07 Å². The van der Waals surface area contributed by atoms with Crippen LogP contribution in [0.25, 0.3) is 0 Å². The molecule has 0 saturated heterocycles. The van der Waals surface area contributed by atoms with Gasteiger partial charge < -0.3 is 5.32 Å². The number of aryl methyl sites for hydroxylation is 4. The molecular formula is C15H17N3O. The number of amides is 1. The topological polar surface area (TPSA) is 54.9 Å². The third-order valence-electron chi connectivity index (χ3n) is 2.82. The van der Waals surface area contributed by atoms with Crippen molar-refractivity contribution in [2.24, 2.45) is 0 Å². The highest BCUT2D eigenvalue weighted by atomic mass is 16.1. The van der Waals surface area contributed by atoms with Gasteiger partial charge in [0, 0.05) is 11.9 Å². The molecule has 0 aliphatic heterocycles. The first kappa shape index (κ1) is 13.2. The summed E-state index contributed by atoms with van der Waals surface area (Å²) in [5.74, 6) is 0.489. The number of rotatable bonds is 2. The molecule has 1 aromatic carbocycles. The van der Waals surface area contributed by atoms with Crippen molar-refractivity contribution in [1.29, 1.82) is 0 Å². The number of hydrogen-bond donors (Lipinski definition) is 1. The van der Waals surface area contributed by atoms with Crippen LogP contribution < -0.4 is 5.32 Å². The molecule has 98 valence electrons. The Kier molecular flexibility index (Phi) is 3.60. The first-order valence-corrected chi connectivity index (χ1v) is 6.15. The Morgan fingerprint density at radius 3 is 2.26 bits per heavy atom. The van der Waals surface area contributed by atoms with Crippen LogP contribution in [0.5, 0.6) is 0 Å². The Bertz CT molecular complexity index is 615. The van der Waals surface area contributed by atoms with Crippen LogP contribution in [0.2, 0.25) is 0 Å². The molecule has 1 aromatic heterocycles. The van der Waals surface area contributed by atoms with E-state index in [0.29, 0.717) is 17.1 Å². The largest absolute Gasteiger partial charge is 0.322 e. The summed E-state index contributed by atoms with van der Waals surface area (Å²) < 4.78 is 0. The van der Waals surface area contributed by atoms with Crippen LogP contribution in [-0.2, 0) is 0 Å². The van der Waals surface area contributed by atoms with Gasteiger partial charge >= 0.3 is 0 Å². The summed E-state index contributed by atoms with van der Waals surface area (Å²) in [6.07, 6.45) is 1.57. The first-order valence-electron chi connectivity index (χ1n) is 6.15. The quantitative estimate of drug-likeness (QED) is 0.897. The van der Waals surface area contributed by atoms with Crippen molar-refractivity contribution in [1.82, 2.24) is 9.97 Å². The van der Waals surface area contributed by atoms with Crippen molar-refractivity contribution in [2.45, 2.75) is 27.7 Å². The minimum absolute atomic E-state index is 0.178. The summed E-state index contributed by atoms with van der Waals surface area (Å²) in [7, 11) is 0. The number of anilines is 1. The number of aromatic nitrogens is 2. The molecule has 0 aliphatic carbocycles. The van der Waals surface area contributed by atoms with Crippen LogP contribution in [0.3, 0.4) is 0 Å². The highest BCUT2D eigenvalue weighted by Crippen LogP contribution is 2.15. The number of nitrogens with one attached hydrogen (secondary N) is 1. The van der Waals surface area contributed by atoms with Gasteiger partial charge in [-0.3, -0.25) is 4.79 Å². The van der Waals surface area contributed by atoms with E-state index >= 15 is 0 Å². The molecule has 0 bridgehead atoms. The molecule has 4 heteroatoms. The molecule has 0 atom stereocenters. The van der Waals surface area contributed by atoms with E-state index in [1.54, 1.807) is 13.1 Å². The maximum atomic E-state index is 12.2. The van der Waals surface area contributed by atoms with Gasteiger partial charge in [-0.05, 0) is 51.0 Å². The Morgan fingerprint density at radius 2 is 1.68 bits per heavy atom. The first-order chi connectivity index (χ1) is 8.95. The van der Waals surface area contributed by atoms with E-state index in [0.717, 1.165) is 16.8 Å². The lowest BCUT2D eigenvalue weighted by molar-refractivity contribution is 0.102. The van der Waals surface area contributed by atoms with Crippen LogP contribution in [0.1, 0.15) is 33.0 Å². The molecule has 1 N–H and O–H groups in total. The molecule has 0 radical (unpaired) electrons. The van der Waals surface area contributed by atoms with Gasteiger partial charge in [0.1, 0.15) is 5.82 Å². The Labute approximate surface area is 112 Å². The van der Waals surface area contributed by atoms with Crippen molar-refractivity contribution < 1.29 is 4.79 Å². The minimum Gasteiger partial charge on any atom is -0.322 e. The molecule has 1 amide bonds. The van der Waals surface area contributed by atoms with Crippen molar-refractivity contribution in [3.8, 4) is 0 Å². The molecule has 2 rings (SSSR count). The number of nitrogens with zero attached hydrogens (tertiary/aromatic N) is 2. The summed E-state index contributed by atoms with van der Waals surface area (Å²) in [4.78, 5) is 20.4. The second-order valence-corrected chi connectivity index (χ2v) is 4.75. The normalized spacial score (nSPS) is 10.3. The van der Waals surface area contributed by atoms with Gasteiger partial charge in [0.2, 0.25) is 0 Å². The van der Waals surface area contributed by atoms with Gasteiger partial charge in [-0.25, -0.2) is 9.97 Å². The van der Waals surface area contributed by atoms with Crippen LogP contribution >= 0.6 is 0 Å². The standard InChI is InChI=1S/C15H17N3O/c1-9-5-10(2)7-13(6-9)18-15(19)14-8-16-12(4)17-11(14)3/h5-8H,1-4H3,(H,18,19). The Hall–Kier alpha value is -2.23. The zero-order valence-corrected chi connectivity index (χ0v) is 11.6. The highest BCUT2D eigenvalue weighted by molar-refractivity contribution is 6.04. The molecule has 2 aromatic rings. The summed E-state index contributed by atoms with van der Waals surface area (Å²) >= 11 is 0. The van der Waals surface area contributed by atoms with Gasteiger partial charge in [-0.15, -0.1) is 0 Å². The molecule has 1 heterocycles. The summed E-state index contributed by atoms with van der Waals surface area (Å²) in [6, 6.07) is 5.94. The lowest BCUT2D eigenvalue weighted by Crippen LogP contribution is -2.15. The fourth-order valence-corrected chi connectivity index (χ4v) is 2.05. The van der Waals surface area contributed by atoms with Crippen molar-refractivity contribution in [3.63, 3.8) is 0 Å². The van der Waals surface area contributed by atoms with E-state index in [9.17, 15) is 4.79 Å². The summed E-state index contributed by atoms with van der Waals surface area (Å²) in [6.45, 7) is 7.62. The molecule has 0 spiro atoms. The van der Waals surface area contributed by atoms with Gasteiger partial charge in [0.05, 0.1) is 11.3 Å². The molecule has 0 saturated carbocycles. The molecule has 4 nitrogen and oxygen atoms in total. The van der Waals surface area contributed by atoms with E-state index in [1.165, 1.54) is 0 Å². The van der Waals surface area contributed by atoms with Crippen molar-refractivity contribution in [3.05, 3.63) is 52.6 Å². The zero-order chi connectivity index (χ0) is 14.0. The average Bonchev–Trinajstić information content (AvgIpc) is 2.26.